The van der Waals surface area contributed by atoms with Crippen LogP contribution < -0.4 is 10.5 Å². The first kappa shape index (κ1) is 15.6. The van der Waals surface area contributed by atoms with Gasteiger partial charge in [-0.2, -0.15) is 0 Å². The van der Waals surface area contributed by atoms with Crippen molar-refractivity contribution >= 4 is 33.2 Å². The number of thiophene rings is 1. The molecule has 1 amide bonds. The number of nitrogens with one attached hydrogen (secondary N) is 1. The topological polar surface area (TPSA) is 116 Å². The smallest absolute Gasteiger partial charge is 0.349 e. The summed E-state index contributed by atoms with van der Waals surface area (Å²) < 4.78 is 30.9. The second-order valence-corrected chi connectivity index (χ2v) is 6.27. The lowest BCUT2D eigenvalue weighted by Crippen LogP contribution is -2.29. The molecule has 1 heterocycles. The molecule has 0 saturated heterocycles. The Balaban J connectivity index is 3.04. The maximum absolute atomic E-state index is 12.1. The van der Waals surface area contributed by atoms with Gasteiger partial charge >= 0.3 is 5.97 Å². The summed E-state index contributed by atoms with van der Waals surface area (Å²) in [4.78, 5) is 22.0. The van der Waals surface area contributed by atoms with Gasteiger partial charge in [-0.1, -0.05) is 0 Å². The normalized spacial score (nSPS) is 11.3. The average Bonchev–Trinajstić information content (AvgIpc) is 2.70. The van der Waals surface area contributed by atoms with E-state index in [9.17, 15) is 18.0 Å². The van der Waals surface area contributed by atoms with Crippen molar-refractivity contribution < 1.29 is 22.7 Å². The van der Waals surface area contributed by atoms with E-state index in [4.69, 9.17) is 5.73 Å². The van der Waals surface area contributed by atoms with E-state index in [1.807, 2.05) is 0 Å². The Kier molecular flexibility index (Phi) is 5.04. The summed E-state index contributed by atoms with van der Waals surface area (Å²) in [6.07, 6.45) is -0.115. The van der Waals surface area contributed by atoms with Crippen LogP contribution in [0.4, 0.5) is 0 Å². The van der Waals surface area contributed by atoms with E-state index in [1.165, 1.54) is 7.11 Å². The van der Waals surface area contributed by atoms with Gasteiger partial charge in [0.15, 0.2) is 0 Å². The Bertz CT molecular complexity index is 591. The molecule has 0 fully saturated rings. The Morgan fingerprint density at radius 1 is 1.47 bits per heavy atom. The number of aryl methyl sites for hydroxylation is 1. The highest BCUT2D eigenvalue weighted by atomic mass is 32.2. The molecular weight excluding hydrogens is 292 g/mol. The van der Waals surface area contributed by atoms with Crippen LogP contribution in [0.25, 0.3) is 0 Å². The number of rotatable bonds is 6. The molecular formula is C10H14N2O5S2. The molecule has 1 aromatic heterocycles. The molecule has 0 spiro atoms. The summed E-state index contributed by atoms with van der Waals surface area (Å²) >= 11 is 0.990. The zero-order valence-corrected chi connectivity index (χ0v) is 12.1. The zero-order chi connectivity index (χ0) is 14.6. The van der Waals surface area contributed by atoms with Gasteiger partial charge in [0, 0.05) is 13.0 Å². The van der Waals surface area contributed by atoms with Crippen molar-refractivity contribution in [3.8, 4) is 0 Å². The first-order valence-electron chi connectivity index (χ1n) is 5.24. The van der Waals surface area contributed by atoms with E-state index >= 15 is 0 Å². The fourth-order valence-electron chi connectivity index (χ4n) is 1.38. The summed E-state index contributed by atoms with van der Waals surface area (Å²) in [5.41, 5.74) is 5.37. The van der Waals surface area contributed by atoms with Crippen LogP contribution in [0.5, 0.6) is 0 Å². The van der Waals surface area contributed by atoms with Crippen LogP contribution in [0.2, 0.25) is 0 Å². The van der Waals surface area contributed by atoms with Crippen molar-refractivity contribution in [2.45, 2.75) is 18.2 Å². The standard InChI is InChI=1S/C10H14N2O5S2/c1-6-5-18-8(10(14)17-2)9(6)19(15,16)12-4-3-7(11)13/h5,12H,3-4H2,1-2H3,(H2,11,13). The molecule has 9 heteroatoms. The molecule has 0 aliphatic heterocycles. The first-order valence-corrected chi connectivity index (χ1v) is 7.60. The van der Waals surface area contributed by atoms with Gasteiger partial charge in [-0.05, 0) is 17.9 Å². The molecule has 0 saturated carbocycles. The number of methoxy groups -OCH3 is 1. The van der Waals surface area contributed by atoms with Crippen LogP contribution in [0.3, 0.4) is 0 Å². The predicted octanol–water partition coefficient (Wildman–Crippen LogP) is -0.00318. The van der Waals surface area contributed by atoms with Gasteiger partial charge in [-0.25, -0.2) is 17.9 Å². The number of nitrogens with two attached hydrogens (primary N) is 1. The molecule has 0 aromatic carbocycles. The number of esters is 1. The van der Waals surface area contributed by atoms with Crippen molar-refractivity contribution in [2.24, 2.45) is 5.73 Å². The summed E-state index contributed by atoms with van der Waals surface area (Å²) in [7, 11) is -2.70. The lowest BCUT2D eigenvalue weighted by Gasteiger charge is -2.07. The van der Waals surface area contributed by atoms with Gasteiger partial charge in [0.1, 0.15) is 9.77 Å². The third kappa shape index (κ3) is 3.75. The highest BCUT2D eigenvalue weighted by Gasteiger charge is 2.27. The molecule has 1 aromatic rings. The highest BCUT2D eigenvalue weighted by Crippen LogP contribution is 2.27. The third-order valence-electron chi connectivity index (χ3n) is 2.22. The van der Waals surface area contributed by atoms with Crippen LogP contribution in [0, 0.1) is 6.92 Å². The molecule has 3 N–H and O–H groups in total. The Morgan fingerprint density at radius 2 is 2.11 bits per heavy atom. The van der Waals surface area contributed by atoms with Gasteiger partial charge in [-0.3, -0.25) is 4.79 Å². The summed E-state index contributed by atoms with van der Waals surface area (Å²) in [5.74, 6) is -1.33. The number of carbonyl (C=O) groups excluding carboxylic acids is 2. The number of hydrogen-bond donors (Lipinski definition) is 2. The molecule has 106 valence electrons. The summed E-state index contributed by atoms with van der Waals surface area (Å²) in [6, 6.07) is 0. The van der Waals surface area contributed by atoms with E-state index in [-0.39, 0.29) is 22.7 Å². The van der Waals surface area contributed by atoms with Crippen LogP contribution in [-0.4, -0.2) is 33.9 Å². The van der Waals surface area contributed by atoms with Crippen LogP contribution >= 0.6 is 11.3 Å². The van der Waals surface area contributed by atoms with Gasteiger partial charge in [0.2, 0.25) is 15.9 Å². The molecule has 0 bridgehead atoms. The Hall–Kier alpha value is -1.45. The maximum atomic E-state index is 12.1. The zero-order valence-electron chi connectivity index (χ0n) is 10.4. The predicted molar refractivity (Wildman–Crippen MR) is 69.4 cm³/mol. The Morgan fingerprint density at radius 3 is 2.63 bits per heavy atom. The quantitative estimate of drug-likeness (QED) is 0.718. The Labute approximate surface area is 114 Å². The van der Waals surface area contributed by atoms with E-state index in [0.29, 0.717) is 5.56 Å². The monoisotopic (exact) mass is 306 g/mol. The number of amides is 1. The lowest BCUT2D eigenvalue weighted by atomic mass is 10.3. The van der Waals surface area contributed by atoms with E-state index in [0.717, 1.165) is 11.3 Å². The minimum Gasteiger partial charge on any atom is -0.465 e. The largest absolute Gasteiger partial charge is 0.465 e. The molecule has 7 nitrogen and oxygen atoms in total. The minimum absolute atomic E-state index is 0.00609. The second kappa shape index (κ2) is 6.13. The van der Waals surface area contributed by atoms with Crippen molar-refractivity contribution in [3.05, 3.63) is 15.8 Å². The van der Waals surface area contributed by atoms with E-state index in [2.05, 4.69) is 9.46 Å². The fraction of sp³-hybridized carbons (Fsp3) is 0.400. The molecule has 0 aliphatic carbocycles. The van der Waals surface area contributed by atoms with Gasteiger partial charge in [0.05, 0.1) is 7.11 Å². The van der Waals surface area contributed by atoms with Gasteiger partial charge < -0.3 is 10.5 Å². The number of sulfonamides is 1. The van der Waals surface area contributed by atoms with Crippen LogP contribution in [-0.2, 0) is 19.6 Å². The summed E-state index contributed by atoms with van der Waals surface area (Å²) in [5, 5.41) is 1.55. The summed E-state index contributed by atoms with van der Waals surface area (Å²) in [6.45, 7) is 1.46. The molecule has 0 atom stereocenters. The molecule has 1 rings (SSSR count). The van der Waals surface area contributed by atoms with Crippen molar-refractivity contribution in [2.75, 3.05) is 13.7 Å². The maximum Gasteiger partial charge on any atom is 0.349 e. The molecule has 0 unspecified atom stereocenters. The van der Waals surface area contributed by atoms with Crippen molar-refractivity contribution in [1.29, 1.82) is 0 Å². The molecule has 19 heavy (non-hydrogen) atoms. The van der Waals surface area contributed by atoms with E-state index in [1.54, 1.807) is 12.3 Å². The third-order valence-corrected chi connectivity index (χ3v) is 5.08. The van der Waals surface area contributed by atoms with E-state index < -0.39 is 21.9 Å². The minimum atomic E-state index is -3.88. The SMILES string of the molecule is COC(=O)c1scc(C)c1S(=O)(=O)NCCC(N)=O. The van der Waals surface area contributed by atoms with Crippen molar-refractivity contribution in [3.63, 3.8) is 0 Å². The van der Waals surface area contributed by atoms with Gasteiger partial charge in [0.25, 0.3) is 0 Å². The average molecular weight is 306 g/mol. The number of ether oxygens (including phenoxy) is 1. The first-order chi connectivity index (χ1) is 8.79. The fourth-order valence-corrected chi connectivity index (χ4v) is 4.12. The highest BCUT2D eigenvalue weighted by molar-refractivity contribution is 7.89. The molecule has 0 radical (unpaired) electrons. The van der Waals surface area contributed by atoms with Crippen LogP contribution in [0.15, 0.2) is 10.3 Å². The number of primary amides is 1. The van der Waals surface area contributed by atoms with Gasteiger partial charge in [-0.15, -0.1) is 11.3 Å². The molecule has 0 aliphatic rings. The van der Waals surface area contributed by atoms with Crippen molar-refractivity contribution in [1.82, 2.24) is 4.72 Å². The van der Waals surface area contributed by atoms with Crippen LogP contribution in [0.1, 0.15) is 21.7 Å². The second-order valence-electron chi connectivity index (χ2n) is 3.68. The lowest BCUT2D eigenvalue weighted by molar-refractivity contribution is -0.117. The number of carbonyl (C=O) groups is 2. The number of hydrogen-bond acceptors (Lipinski definition) is 6.